The van der Waals surface area contributed by atoms with E-state index in [4.69, 9.17) is 5.11 Å². The fraction of sp³-hybridized carbons (Fsp3) is 1.00. The molecular weight excluding hydrogens is 120 g/mol. The van der Waals surface area contributed by atoms with Crippen molar-refractivity contribution in [3.63, 3.8) is 0 Å². The van der Waals surface area contributed by atoms with E-state index in [2.05, 4.69) is 19.6 Å². The molecule has 1 nitrogen and oxygen atoms in total. The molecule has 0 aliphatic heterocycles. The van der Waals surface area contributed by atoms with Crippen LogP contribution >= 0.6 is 12.6 Å². The average molecular weight is 136 g/mol. The van der Waals surface area contributed by atoms with Crippen molar-refractivity contribution >= 4 is 12.6 Å². The quantitative estimate of drug-likeness (QED) is 0.554. The maximum absolute atomic E-state index is 7.88. The number of aliphatic hydroxyl groups is 1. The summed E-state index contributed by atoms with van der Waals surface area (Å²) in [4.78, 5) is 0. The van der Waals surface area contributed by atoms with Crippen molar-refractivity contribution in [1.29, 1.82) is 0 Å². The van der Waals surface area contributed by atoms with E-state index in [0.717, 1.165) is 12.2 Å². The lowest BCUT2D eigenvalue weighted by molar-refractivity contribution is 0.295. The van der Waals surface area contributed by atoms with Crippen LogP contribution in [0.5, 0.6) is 0 Å². The van der Waals surface area contributed by atoms with Crippen LogP contribution in [0, 0.1) is 0 Å². The molecule has 52 valence electrons. The zero-order chi connectivity index (χ0) is 6.83. The zero-order valence-corrected chi connectivity index (χ0v) is 6.62. The largest absolute Gasteiger partial charge is 0.396 e. The lowest BCUT2D eigenvalue weighted by atomic mass is 10.5. The van der Waals surface area contributed by atoms with Crippen molar-refractivity contribution < 1.29 is 5.11 Å². The van der Waals surface area contributed by atoms with Crippen LogP contribution in [0.2, 0.25) is 0 Å². The van der Waals surface area contributed by atoms with Gasteiger partial charge in [0.25, 0.3) is 0 Å². The first-order valence-corrected chi connectivity index (χ1v) is 3.68. The third kappa shape index (κ3) is 33.3. The second kappa shape index (κ2) is 15.7. The van der Waals surface area contributed by atoms with Crippen molar-refractivity contribution in [2.24, 2.45) is 0 Å². The molecule has 0 saturated heterocycles. The van der Waals surface area contributed by atoms with Gasteiger partial charge >= 0.3 is 0 Å². The summed E-state index contributed by atoms with van der Waals surface area (Å²) in [5.74, 6) is 1.01. The summed E-state index contributed by atoms with van der Waals surface area (Å²) < 4.78 is 0. The minimum absolute atomic E-state index is 0.319. The van der Waals surface area contributed by atoms with E-state index in [0.29, 0.717) is 6.61 Å². The third-order valence-corrected chi connectivity index (χ3v) is 0.894. The van der Waals surface area contributed by atoms with Gasteiger partial charge in [0.2, 0.25) is 0 Å². The number of aliphatic hydroxyl groups excluding tert-OH is 1. The maximum atomic E-state index is 7.88. The fourth-order valence-electron chi connectivity index (χ4n) is 0. The standard InChI is InChI=1S/C3H8O.C3H8S/c2*1-2-3-4/h2*4H,2-3H2,1H3. The Labute approximate surface area is 57.5 Å². The molecule has 0 atom stereocenters. The van der Waals surface area contributed by atoms with Crippen LogP contribution < -0.4 is 0 Å². The highest BCUT2D eigenvalue weighted by atomic mass is 32.1. The van der Waals surface area contributed by atoms with Gasteiger partial charge in [0, 0.05) is 6.61 Å². The molecule has 0 aliphatic carbocycles. The summed E-state index contributed by atoms with van der Waals surface area (Å²) in [7, 11) is 0. The summed E-state index contributed by atoms with van der Waals surface area (Å²) in [6.45, 7) is 4.35. The first-order chi connectivity index (χ1) is 3.83. The van der Waals surface area contributed by atoms with Gasteiger partial charge in [0.1, 0.15) is 0 Å². The lowest BCUT2D eigenvalue weighted by Gasteiger charge is -1.69. The fourth-order valence-corrected chi connectivity index (χ4v) is 0. The van der Waals surface area contributed by atoms with Crippen LogP contribution in [0.15, 0.2) is 0 Å². The van der Waals surface area contributed by atoms with Crippen LogP contribution in [0.4, 0.5) is 0 Å². The molecule has 0 aliphatic rings. The SMILES string of the molecule is CCCO.CCCS. The van der Waals surface area contributed by atoms with Gasteiger partial charge in [-0.25, -0.2) is 0 Å². The third-order valence-electron chi connectivity index (χ3n) is 0.447. The van der Waals surface area contributed by atoms with Gasteiger partial charge in [-0.3, -0.25) is 0 Å². The summed E-state index contributed by atoms with van der Waals surface area (Å²) in [6, 6.07) is 0. The number of hydrogen-bond donors (Lipinski definition) is 2. The molecule has 0 unspecified atom stereocenters. The number of thiol groups is 1. The highest BCUT2D eigenvalue weighted by Gasteiger charge is 1.57. The van der Waals surface area contributed by atoms with E-state index >= 15 is 0 Å². The first-order valence-electron chi connectivity index (χ1n) is 3.05. The zero-order valence-electron chi connectivity index (χ0n) is 5.72. The van der Waals surface area contributed by atoms with Crippen molar-refractivity contribution in [1.82, 2.24) is 0 Å². The smallest absolute Gasteiger partial charge is 0.0428 e. The summed E-state index contributed by atoms with van der Waals surface area (Å²) >= 11 is 3.92. The monoisotopic (exact) mass is 136 g/mol. The van der Waals surface area contributed by atoms with Gasteiger partial charge in [0.15, 0.2) is 0 Å². The molecule has 0 bridgehead atoms. The molecule has 0 radical (unpaired) electrons. The van der Waals surface area contributed by atoms with E-state index in [1.807, 2.05) is 6.92 Å². The Balaban J connectivity index is 0. The molecule has 0 saturated carbocycles. The highest BCUT2D eigenvalue weighted by molar-refractivity contribution is 7.80. The maximum Gasteiger partial charge on any atom is 0.0428 e. The molecule has 0 fully saturated rings. The molecule has 0 aromatic rings. The van der Waals surface area contributed by atoms with Crippen LogP contribution in [0.3, 0.4) is 0 Å². The molecule has 0 spiro atoms. The summed E-state index contributed by atoms with van der Waals surface area (Å²) in [6.07, 6.45) is 2.06. The summed E-state index contributed by atoms with van der Waals surface area (Å²) in [5, 5.41) is 7.88. The molecular formula is C6H16OS. The van der Waals surface area contributed by atoms with Gasteiger partial charge in [-0.15, -0.1) is 0 Å². The first kappa shape index (κ1) is 11.2. The summed E-state index contributed by atoms with van der Waals surface area (Å²) in [5.41, 5.74) is 0. The second-order valence-corrected chi connectivity index (χ2v) is 1.89. The Hall–Kier alpha value is 0.310. The molecule has 0 rings (SSSR count). The van der Waals surface area contributed by atoms with E-state index in [1.54, 1.807) is 0 Å². The Bertz CT molecular complexity index is 16.5. The Kier molecular flexibility index (Phi) is 21.8. The van der Waals surface area contributed by atoms with Crippen molar-refractivity contribution in [2.45, 2.75) is 26.7 Å². The number of rotatable bonds is 2. The van der Waals surface area contributed by atoms with Crippen molar-refractivity contribution in [3.8, 4) is 0 Å². The van der Waals surface area contributed by atoms with Crippen molar-refractivity contribution in [2.75, 3.05) is 12.4 Å². The van der Waals surface area contributed by atoms with Gasteiger partial charge in [-0.2, -0.15) is 12.6 Å². The molecule has 8 heavy (non-hydrogen) atoms. The van der Waals surface area contributed by atoms with Crippen LogP contribution in [-0.4, -0.2) is 17.5 Å². The molecule has 1 N–H and O–H groups in total. The molecule has 0 aromatic heterocycles. The highest BCUT2D eigenvalue weighted by Crippen LogP contribution is 1.74. The van der Waals surface area contributed by atoms with Crippen molar-refractivity contribution in [3.05, 3.63) is 0 Å². The minimum Gasteiger partial charge on any atom is -0.396 e. The van der Waals surface area contributed by atoms with Gasteiger partial charge in [-0.05, 0) is 18.6 Å². The van der Waals surface area contributed by atoms with Gasteiger partial charge in [-0.1, -0.05) is 13.8 Å². The normalized spacial score (nSPS) is 7.50. The molecule has 0 aromatic carbocycles. The van der Waals surface area contributed by atoms with E-state index < -0.39 is 0 Å². The lowest BCUT2D eigenvalue weighted by Crippen LogP contribution is -1.69. The number of hydrogen-bond acceptors (Lipinski definition) is 2. The van der Waals surface area contributed by atoms with E-state index in [9.17, 15) is 0 Å². The molecule has 2 heteroatoms. The predicted molar refractivity (Wildman–Crippen MR) is 41.5 cm³/mol. The van der Waals surface area contributed by atoms with Gasteiger partial charge in [0.05, 0.1) is 0 Å². The average Bonchev–Trinajstić information content (AvgIpc) is 1.88. The van der Waals surface area contributed by atoms with E-state index in [1.165, 1.54) is 6.42 Å². The molecule has 0 heterocycles. The van der Waals surface area contributed by atoms with E-state index in [-0.39, 0.29) is 0 Å². The Morgan fingerprint density at radius 1 is 1.25 bits per heavy atom. The van der Waals surface area contributed by atoms with Crippen LogP contribution in [0.25, 0.3) is 0 Å². The van der Waals surface area contributed by atoms with Gasteiger partial charge < -0.3 is 5.11 Å². The Morgan fingerprint density at radius 3 is 1.50 bits per heavy atom. The predicted octanol–water partition coefficient (Wildman–Crippen LogP) is 1.71. The van der Waals surface area contributed by atoms with Crippen LogP contribution in [0.1, 0.15) is 26.7 Å². The molecule has 0 amide bonds. The second-order valence-electron chi connectivity index (χ2n) is 1.45. The minimum atomic E-state index is 0.319. The van der Waals surface area contributed by atoms with Crippen LogP contribution in [-0.2, 0) is 0 Å². The topological polar surface area (TPSA) is 20.2 Å². The Morgan fingerprint density at radius 2 is 1.50 bits per heavy atom.